The summed E-state index contributed by atoms with van der Waals surface area (Å²) in [5.74, 6) is -0.325. The van der Waals surface area contributed by atoms with Gasteiger partial charge < -0.3 is 5.32 Å². The van der Waals surface area contributed by atoms with E-state index in [1.807, 2.05) is 47.8 Å². The molecular weight excluding hydrogens is 444 g/mol. The van der Waals surface area contributed by atoms with Crippen LogP contribution in [-0.4, -0.2) is 25.2 Å². The normalized spacial score (nSPS) is 12.4. The van der Waals surface area contributed by atoms with E-state index in [1.54, 1.807) is 42.1 Å². The molecule has 0 unspecified atom stereocenters. The smallest absolute Gasteiger partial charge is 0.320 e. The fourth-order valence-electron chi connectivity index (χ4n) is 3.76. The van der Waals surface area contributed by atoms with Crippen LogP contribution in [0.1, 0.15) is 35.7 Å². The zero-order valence-corrected chi connectivity index (χ0v) is 18.3. The third-order valence-corrected chi connectivity index (χ3v) is 6.16. The number of nitrogens with zero attached hydrogens (tertiary/aromatic N) is 4. The molecule has 2 aromatic carbocycles. The van der Waals surface area contributed by atoms with Gasteiger partial charge in [0, 0.05) is 6.20 Å². The predicted molar refractivity (Wildman–Crippen MR) is 124 cm³/mol. The highest BCUT2D eigenvalue weighted by Gasteiger charge is 2.25. The second kappa shape index (κ2) is 8.59. The number of halogens is 2. The van der Waals surface area contributed by atoms with Crippen LogP contribution >= 0.6 is 11.3 Å². The van der Waals surface area contributed by atoms with E-state index < -0.39 is 18.5 Å². The van der Waals surface area contributed by atoms with Crippen molar-refractivity contribution in [2.24, 2.45) is 0 Å². The van der Waals surface area contributed by atoms with Gasteiger partial charge in [0.15, 0.2) is 0 Å². The van der Waals surface area contributed by atoms with Gasteiger partial charge in [0.2, 0.25) is 0 Å². The lowest BCUT2D eigenvalue weighted by Gasteiger charge is -2.15. The number of nitrogens with one attached hydrogen (secondary N) is 1. The molecular formula is C24H19F2N5OS. The van der Waals surface area contributed by atoms with E-state index in [2.05, 4.69) is 15.4 Å². The van der Waals surface area contributed by atoms with Crippen molar-refractivity contribution in [1.82, 2.24) is 24.6 Å². The molecule has 6 nitrogen and oxygen atoms in total. The lowest BCUT2D eigenvalue weighted by atomic mass is 10.2. The van der Waals surface area contributed by atoms with Gasteiger partial charge in [-0.15, -0.1) is 11.3 Å². The molecule has 0 bridgehead atoms. The second-order valence-corrected chi connectivity index (χ2v) is 8.40. The molecule has 3 heterocycles. The van der Waals surface area contributed by atoms with Crippen molar-refractivity contribution in [3.8, 4) is 16.3 Å². The minimum atomic E-state index is -2.78. The van der Waals surface area contributed by atoms with Crippen LogP contribution in [0, 0.1) is 0 Å². The molecule has 1 atom stereocenters. The van der Waals surface area contributed by atoms with Crippen molar-refractivity contribution in [3.63, 3.8) is 0 Å². The summed E-state index contributed by atoms with van der Waals surface area (Å²) in [6, 6.07) is 19.2. The highest BCUT2D eigenvalue weighted by atomic mass is 32.1. The Morgan fingerprint density at radius 2 is 1.79 bits per heavy atom. The molecule has 166 valence electrons. The van der Waals surface area contributed by atoms with E-state index in [0.29, 0.717) is 22.3 Å². The first-order valence-electron chi connectivity index (χ1n) is 10.3. The molecule has 0 saturated heterocycles. The summed E-state index contributed by atoms with van der Waals surface area (Å²) >= 11 is 1.47. The lowest BCUT2D eigenvalue weighted by molar-refractivity contribution is 0.0688. The maximum absolute atomic E-state index is 13.9. The van der Waals surface area contributed by atoms with E-state index >= 15 is 0 Å². The van der Waals surface area contributed by atoms with Gasteiger partial charge in [-0.25, -0.2) is 9.67 Å². The number of carbonyl (C=O) groups is 1. The number of carbonyl (C=O) groups excluding carboxylic acids is 1. The molecule has 1 amide bonds. The van der Waals surface area contributed by atoms with Gasteiger partial charge in [0.05, 0.1) is 33.2 Å². The van der Waals surface area contributed by atoms with Gasteiger partial charge >= 0.3 is 6.55 Å². The molecule has 0 aliphatic heterocycles. The summed E-state index contributed by atoms with van der Waals surface area (Å²) in [5.41, 5.74) is 2.46. The van der Waals surface area contributed by atoms with Crippen LogP contribution < -0.4 is 5.32 Å². The average Bonchev–Trinajstić information content (AvgIpc) is 3.57. The van der Waals surface area contributed by atoms with Gasteiger partial charge in [0.25, 0.3) is 5.91 Å². The summed E-state index contributed by atoms with van der Waals surface area (Å²) in [5, 5.41) is 9.37. The summed E-state index contributed by atoms with van der Waals surface area (Å²) in [7, 11) is 0. The molecule has 0 radical (unpaired) electrons. The van der Waals surface area contributed by atoms with E-state index in [-0.39, 0.29) is 5.82 Å². The quantitative estimate of drug-likeness (QED) is 0.344. The van der Waals surface area contributed by atoms with Crippen LogP contribution in [0.25, 0.3) is 27.3 Å². The molecule has 5 aromatic rings. The van der Waals surface area contributed by atoms with Gasteiger partial charge in [-0.2, -0.15) is 13.9 Å². The van der Waals surface area contributed by atoms with Crippen molar-refractivity contribution in [2.45, 2.75) is 19.5 Å². The van der Waals surface area contributed by atoms with Crippen LogP contribution in [-0.2, 0) is 0 Å². The number of alkyl halides is 2. The van der Waals surface area contributed by atoms with Crippen LogP contribution in [0.2, 0.25) is 0 Å². The zero-order valence-electron chi connectivity index (χ0n) is 17.5. The van der Waals surface area contributed by atoms with Crippen molar-refractivity contribution < 1.29 is 13.6 Å². The average molecular weight is 464 g/mol. The Labute approximate surface area is 192 Å². The number of para-hydroxylation sites is 3. The van der Waals surface area contributed by atoms with E-state index in [0.717, 1.165) is 15.1 Å². The number of imidazole rings is 1. The molecule has 9 heteroatoms. The Bertz CT molecular complexity index is 1410. The van der Waals surface area contributed by atoms with Crippen LogP contribution in [0.4, 0.5) is 8.78 Å². The summed E-state index contributed by atoms with van der Waals surface area (Å²) in [6.07, 6.45) is 1.66. The van der Waals surface area contributed by atoms with E-state index in [9.17, 15) is 13.6 Å². The van der Waals surface area contributed by atoms with Crippen LogP contribution in [0.5, 0.6) is 0 Å². The number of fused-ring (bicyclic) bond motifs is 1. The molecule has 1 N–H and O–H groups in total. The first-order valence-corrected chi connectivity index (χ1v) is 11.2. The Morgan fingerprint density at radius 3 is 2.52 bits per heavy atom. The maximum atomic E-state index is 13.9. The lowest BCUT2D eigenvalue weighted by Crippen LogP contribution is -2.29. The number of hydrogen-bond donors (Lipinski definition) is 1. The minimum Gasteiger partial charge on any atom is -0.342 e. The van der Waals surface area contributed by atoms with E-state index in [1.165, 1.54) is 11.3 Å². The Morgan fingerprint density at radius 1 is 1.03 bits per heavy atom. The van der Waals surface area contributed by atoms with Crippen LogP contribution in [0.3, 0.4) is 0 Å². The van der Waals surface area contributed by atoms with E-state index in [4.69, 9.17) is 0 Å². The number of benzene rings is 2. The van der Waals surface area contributed by atoms with Gasteiger partial charge in [-0.1, -0.05) is 36.4 Å². The fourth-order valence-corrected chi connectivity index (χ4v) is 4.48. The second-order valence-electron chi connectivity index (χ2n) is 7.45. The highest BCUT2D eigenvalue weighted by Crippen LogP contribution is 2.30. The first kappa shape index (κ1) is 21.0. The van der Waals surface area contributed by atoms with Gasteiger partial charge in [0.1, 0.15) is 11.5 Å². The van der Waals surface area contributed by atoms with Gasteiger partial charge in [-0.05, 0) is 42.6 Å². The molecule has 0 spiro atoms. The standard InChI is InChI=1S/C24H19F2N5OS/c1-15(22-28-18-10-5-6-11-19(18)31(22)24(25)26)27-23(32)17-14-30(16-8-3-2-4-9-16)29-21(17)20-12-7-13-33-20/h2-15,24H,1H3,(H,27,32)/t15-/m1/s1. The minimum absolute atomic E-state index is 0.0904. The molecule has 0 aliphatic rings. The van der Waals surface area contributed by atoms with Crippen molar-refractivity contribution in [2.75, 3.05) is 0 Å². The fraction of sp³-hybridized carbons (Fsp3) is 0.125. The molecule has 33 heavy (non-hydrogen) atoms. The number of aromatic nitrogens is 4. The molecule has 0 fully saturated rings. The molecule has 3 aromatic heterocycles. The largest absolute Gasteiger partial charge is 0.342 e. The van der Waals surface area contributed by atoms with Gasteiger partial charge in [-0.3, -0.25) is 9.36 Å². The zero-order chi connectivity index (χ0) is 22.9. The Hall–Kier alpha value is -3.85. The maximum Gasteiger partial charge on any atom is 0.320 e. The van der Waals surface area contributed by atoms with Crippen LogP contribution in [0.15, 0.2) is 78.3 Å². The van der Waals surface area contributed by atoms with Crippen molar-refractivity contribution in [1.29, 1.82) is 0 Å². The summed E-state index contributed by atoms with van der Waals surface area (Å²) < 4.78 is 30.2. The van der Waals surface area contributed by atoms with Crippen molar-refractivity contribution in [3.05, 3.63) is 89.7 Å². The monoisotopic (exact) mass is 463 g/mol. The summed E-state index contributed by atoms with van der Waals surface area (Å²) in [6.45, 7) is -1.14. The Balaban J connectivity index is 1.51. The number of hydrogen-bond acceptors (Lipinski definition) is 4. The number of amides is 1. The third-order valence-electron chi connectivity index (χ3n) is 5.29. The topological polar surface area (TPSA) is 64.7 Å². The highest BCUT2D eigenvalue weighted by molar-refractivity contribution is 7.13. The Kier molecular flexibility index (Phi) is 5.47. The number of thiophene rings is 1. The van der Waals surface area contributed by atoms with Crippen molar-refractivity contribution >= 4 is 28.3 Å². The number of rotatable bonds is 6. The third kappa shape index (κ3) is 3.91. The predicted octanol–water partition coefficient (Wildman–Crippen LogP) is 5.84. The first-order chi connectivity index (χ1) is 16.0. The molecule has 0 aliphatic carbocycles. The molecule has 5 rings (SSSR count). The summed E-state index contributed by atoms with van der Waals surface area (Å²) in [4.78, 5) is 18.5. The SMILES string of the molecule is C[C@@H](NC(=O)c1cn(-c2ccccc2)nc1-c1cccs1)c1nc2ccccc2n1C(F)F. The molecule has 0 saturated carbocycles.